The van der Waals surface area contributed by atoms with Crippen molar-refractivity contribution in [3.63, 3.8) is 0 Å². The molecule has 0 unspecified atom stereocenters. The van der Waals surface area contributed by atoms with Gasteiger partial charge < -0.3 is 4.74 Å². The van der Waals surface area contributed by atoms with Crippen LogP contribution in [0.25, 0.3) is 0 Å². The minimum absolute atomic E-state index is 0.0932. The lowest BCUT2D eigenvalue weighted by atomic mass is 9.72. The highest BCUT2D eigenvalue weighted by Gasteiger charge is 2.45. The molecule has 0 saturated carbocycles. The van der Waals surface area contributed by atoms with E-state index in [9.17, 15) is 4.79 Å². The van der Waals surface area contributed by atoms with E-state index in [-0.39, 0.29) is 5.97 Å². The lowest BCUT2D eigenvalue weighted by Crippen LogP contribution is -2.48. The quantitative estimate of drug-likeness (QED) is 0.503. The van der Waals surface area contributed by atoms with E-state index >= 15 is 0 Å². The molecule has 0 N–H and O–H groups in total. The summed E-state index contributed by atoms with van der Waals surface area (Å²) in [5, 5.41) is 0. The van der Waals surface area contributed by atoms with Crippen LogP contribution in [-0.2, 0) is 14.9 Å². The second-order valence-electron chi connectivity index (χ2n) is 6.80. The molecule has 0 radical (unpaired) electrons. The van der Waals surface area contributed by atoms with Crippen LogP contribution in [0.4, 0.5) is 0 Å². The minimum Gasteiger partial charge on any atom is -0.465 e. The van der Waals surface area contributed by atoms with E-state index in [1.807, 2.05) is 43.3 Å². The molecule has 1 fully saturated rings. The molecule has 0 aromatic heterocycles. The molecule has 142 valence electrons. The van der Waals surface area contributed by atoms with Gasteiger partial charge >= 0.3 is 5.97 Å². The van der Waals surface area contributed by atoms with Crippen molar-refractivity contribution in [3.8, 4) is 0 Å². The lowest BCUT2D eigenvalue weighted by molar-refractivity contribution is -0.152. The summed E-state index contributed by atoms with van der Waals surface area (Å²) in [6.07, 6.45) is 3.47. The van der Waals surface area contributed by atoms with Gasteiger partial charge in [-0.2, -0.15) is 0 Å². The first kappa shape index (κ1) is 19.7. The van der Waals surface area contributed by atoms with E-state index in [4.69, 9.17) is 4.74 Å². The first-order chi connectivity index (χ1) is 13.2. The predicted molar refractivity (Wildman–Crippen MR) is 111 cm³/mol. The van der Waals surface area contributed by atoms with Crippen molar-refractivity contribution in [1.82, 2.24) is 4.90 Å². The molecule has 2 aromatic carbocycles. The van der Waals surface area contributed by atoms with Crippen LogP contribution in [0, 0.1) is 0 Å². The Balaban J connectivity index is 1.96. The average Bonchev–Trinajstić information content (AvgIpc) is 2.70. The first-order valence-electron chi connectivity index (χ1n) is 9.52. The summed E-state index contributed by atoms with van der Waals surface area (Å²) >= 11 is 1.72. The molecule has 3 nitrogen and oxygen atoms in total. The highest BCUT2D eigenvalue weighted by atomic mass is 32.2. The number of likely N-dealkylation sites (tertiary alicyclic amines) is 1. The molecule has 27 heavy (non-hydrogen) atoms. The van der Waals surface area contributed by atoms with Crippen LogP contribution in [0.3, 0.4) is 0 Å². The molecule has 1 aliphatic heterocycles. The lowest BCUT2D eigenvalue weighted by Gasteiger charge is -2.40. The second-order valence-corrected chi connectivity index (χ2v) is 7.92. The fourth-order valence-electron chi connectivity index (χ4n) is 3.72. The second kappa shape index (κ2) is 9.25. The van der Waals surface area contributed by atoms with Gasteiger partial charge in [0.15, 0.2) is 0 Å². The highest BCUT2D eigenvalue weighted by Crippen LogP contribution is 2.43. The Labute approximate surface area is 166 Å². The number of piperidine rings is 1. The third kappa shape index (κ3) is 4.45. The molecule has 0 atom stereocenters. The summed E-state index contributed by atoms with van der Waals surface area (Å²) < 4.78 is 5.55. The van der Waals surface area contributed by atoms with Crippen LogP contribution < -0.4 is 0 Å². The summed E-state index contributed by atoms with van der Waals surface area (Å²) in [6.45, 7) is 8.72. The molecule has 4 heteroatoms. The zero-order chi connectivity index (χ0) is 19.1. The third-order valence-corrected chi connectivity index (χ3v) is 6.22. The normalized spacial score (nSPS) is 16.6. The van der Waals surface area contributed by atoms with Crippen molar-refractivity contribution in [2.75, 3.05) is 26.2 Å². The molecular weight excluding hydrogens is 354 g/mol. The van der Waals surface area contributed by atoms with E-state index < -0.39 is 5.41 Å². The van der Waals surface area contributed by atoms with Crippen LogP contribution in [-0.4, -0.2) is 37.1 Å². The maximum Gasteiger partial charge on any atom is 0.316 e. The Morgan fingerprint density at radius 1 is 1.15 bits per heavy atom. The van der Waals surface area contributed by atoms with Crippen LogP contribution >= 0.6 is 11.8 Å². The topological polar surface area (TPSA) is 29.5 Å². The summed E-state index contributed by atoms with van der Waals surface area (Å²) in [5.41, 5.74) is 0.516. The molecule has 3 rings (SSSR count). The van der Waals surface area contributed by atoms with Crippen molar-refractivity contribution >= 4 is 17.7 Å². The average molecular weight is 382 g/mol. The minimum atomic E-state index is -0.577. The summed E-state index contributed by atoms with van der Waals surface area (Å²) in [5.74, 6) is -0.0932. The van der Waals surface area contributed by atoms with Crippen LogP contribution in [0.2, 0.25) is 0 Å². The van der Waals surface area contributed by atoms with Gasteiger partial charge in [-0.3, -0.25) is 9.69 Å². The number of hydrogen-bond donors (Lipinski definition) is 0. The largest absolute Gasteiger partial charge is 0.465 e. The zero-order valence-corrected chi connectivity index (χ0v) is 16.7. The van der Waals surface area contributed by atoms with Crippen LogP contribution in [0.5, 0.6) is 0 Å². The van der Waals surface area contributed by atoms with Crippen molar-refractivity contribution in [3.05, 3.63) is 72.8 Å². The number of carbonyl (C=O) groups is 1. The van der Waals surface area contributed by atoms with Gasteiger partial charge in [-0.25, -0.2) is 0 Å². The van der Waals surface area contributed by atoms with Crippen LogP contribution in [0.1, 0.15) is 25.3 Å². The monoisotopic (exact) mass is 381 g/mol. The molecule has 0 aliphatic carbocycles. The zero-order valence-electron chi connectivity index (χ0n) is 15.9. The fourth-order valence-corrected chi connectivity index (χ4v) is 4.79. The Kier molecular flexibility index (Phi) is 6.75. The number of nitrogens with zero attached hydrogens (tertiary/aromatic N) is 1. The Bertz CT molecular complexity index is 767. The van der Waals surface area contributed by atoms with E-state index in [0.29, 0.717) is 6.61 Å². The van der Waals surface area contributed by atoms with Gasteiger partial charge in [-0.05, 0) is 56.6 Å². The maximum absolute atomic E-state index is 13.1. The van der Waals surface area contributed by atoms with Crippen molar-refractivity contribution in [2.24, 2.45) is 0 Å². The first-order valence-corrected chi connectivity index (χ1v) is 10.3. The number of hydrogen-bond acceptors (Lipinski definition) is 4. The van der Waals surface area contributed by atoms with Crippen molar-refractivity contribution in [2.45, 2.75) is 35.0 Å². The van der Waals surface area contributed by atoms with Gasteiger partial charge in [0, 0.05) is 16.3 Å². The summed E-state index contributed by atoms with van der Waals surface area (Å²) in [6, 6.07) is 18.6. The molecule has 0 spiro atoms. The van der Waals surface area contributed by atoms with Gasteiger partial charge in [0.05, 0.1) is 12.0 Å². The Hall–Kier alpha value is -2.04. The molecule has 0 bridgehead atoms. The smallest absolute Gasteiger partial charge is 0.316 e. The van der Waals surface area contributed by atoms with Gasteiger partial charge in [-0.1, -0.05) is 54.2 Å². The van der Waals surface area contributed by atoms with Crippen LogP contribution in [0.15, 0.2) is 77.0 Å². The van der Waals surface area contributed by atoms with Gasteiger partial charge in [0.1, 0.15) is 0 Å². The standard InChI is InChI=1S/C23H27NO2S/c1-3-16-24-17-14-23(15-18-24,22(25)26-4-2)20-12-8-9-13-21(20)27-19-10-6-5-7-11-19/h3,5-13H,1,4,14-18H2,2H3. The Morgan fingerprint density at radius 2 is 1.81 bits per heavy atom. The van der Waals surface area contributed by atoms with E-state index in [0.717, 1.165) is 42.9 Å². The molecule has 0 amide bonds. The number of ether oxygens (including phenoxy) is 1. The highest BCUT2D eigenvalue weighted by molar-refractivity contribution is 7.99. The van der Waals surface area contributed by atoms with E-state index in [1.165, 1.54) is 4.90 Å². The van der Waals surface area contributed by atoms with E-state index in [2.05, 4.69) is 35.7 Å². The molecule has 1 heterocycles. The SMILES string of the molecule is C=CCN1CCC(C(=O)OCC)(c2ccccc2Sc2ccccc2)CC1. The Morgan fingerprint density at radius 3 is 2.48 bits per heavy atom. The van der Waals surface area contributed by atoms with E-state index in [1.54, 1.807) is 11.8 Å². The van der Waals surface area contributed by atoms with Crippen molar-refractivity contribution in [1.29, 1.82) is 0 Å². The number of carbonyl (C=O) groups excluding carboxylic acids is 1. The summed E-state index contributed by atoms with van der Waals surface area (Å²) in [4.78, 5) is 17.8. The van der Waals surface area contributed by atoms with Gasteiger partial charge in [0.2, 0.25) is 0 Å². The van der Waals surface area contributed by atoms with Crippen molar-refractivity contribution < 1.29 is 9.53 Å². The fraction of sp³-hybridized carbons (Fsp3) is 0.348. The van der Waals surface area contributed by atoms with Gasteiger partial charge in [0.25, 0.3) is 0 Å². The number of rotatable bonds is 7. The number of esters is 1. The van der Waals surface area contributed by atoms with Gasteiger partial charge in [-0.15, -0.1) is 6.58 Å². The predicted octanol–water partition coefficient (Wildman–Crippen LogP) is 4.92. The maximum atomic E-state index is 13.1. The molecule has 1 saturated heterocycles. The summed E-state index contributed by atoms with van der Waals surface area (Å²) in [7, 11) is 0. The molecule has 1 aliphatic rings. The number of benzene rings is 2. The molecular formula is C23H27NO2S. The third-order valence-electron chi connectivity index (χ3n) is 5.14. The molecule has 2 aromatic rings.